The summed E-state index contributed by atoms with van der Waals surface area (Å²) in [7, 11) is 0. The van der Waals surface area contributed by atoms with Gasteiger partial charge in [-0.25, -0.2) is 0 Å². The highest BCUT2D eigenvalue weighted by atomic mass is 16.5. The lowest BCUT2D eigenvalue weighted by Crippen LogP contribution is -2.10. The number of aromatic nitrogens is 2. The molecule has 4 heteroatoms. The summed E-state index contributed by atoms with van der Waals surface area (Å²) in [5, 5.41) is 13.7. The largest absolute Gasteiger partial charge is 0.494 e. The Morgan fingerprint density at radius 3 is 2.65 bits per heavy atom. The van der Waals surface area contributed by atoms with Crippen LogP contribution < -0.4 is 4.74 Å². The molecule has 0 spiro atoms. The van der Waals surface area contributed by atoms with Gasteiger partial charge in [0.2, 0.25) is 0 Å². The van der Waals surface area contributed by atoms with Gasteiger partial charge in [-0.3, -0.25) is 4.68 Å². The molecule has 0 aliphatic rings. The monoisotopic (exact) mass is 274 g/mol. The minimum atomic E-state index is 0.0496. The number of ether oxygens (including phenoxy) is 1. The van der Waals surface area contributed by atoms with Crippen molar-refractivity contribution in [3.63, 3.8) is 0 Å². The fourth-order valence-electron chi connectivity index (χ4n) is 2.32. The minimum absolute atomic E-state index is 0.0496. The van der Waals surface area contributed by atoms with E-state index >= 15 is 0 Å². The molecule has 0 bridgehead atoms. The molecule has 1 heterocycles. The van der Waals surface area contributed by atoms with E-state index in [9.17, 15) is 5.11 Å². The zero-order valence-corrected chi connectivity index (χ0v) is 12.1. The Bertz CT molecular complexity index is 521. The SMILES string of the molecule is CC(C)c1c(CO)cnn1CCCOc1ccccc1. The van der Waals surface area contributed by atoms with Crippen LogP contribution in [0.4, 0.5) is 0 Å². The van der Waals surface area contributed by atoms with Gasteiger partial charge in [0, 0.05) is 24.2 Å². The van der Waals surface area contributed by atoms with E-state index in [1.807, 2.05) is 35.0 Å². The van der Waals surface area contributed by atoms with Crippen molar-refractivity contribution < 1.29 is 9.84 Å². The highest BCUT2D eigenvalue weighted by Gasteiger charge is 2.13. The van der Waals surface area contributed by atoms with Gasteiger partial charge in [0.1, 0.15) is 5.75 Å². The third-order valence-corrected chi connectivity index (χ3v) is 3.20. The van der Waals surface area contributed by atoms with Crippen LogP contribution in [0.5, 0.6) is 5.75 Å². The summed E-state index contributed by atoms with van der Waals surface area (Å²) in [6.07, 6.45) is 2.65. The molecule has 2 rings (SSSR count). The summed E-state index contributed by atoms with van der Waals surface area (Å²) in [5.74, 6) is 1.25. The summed E-state index contributed by atoms with van der Waals surface area (Å²) in [6, 6.07) is 9.82. The number of hydrogen-bond donors (Lipinski definition) is 1. The van der Waals surface area contributed by atoms with E-state index in [1.165, 1.54) is 0 Å². The van der Waals surface area contributed by atoms with Gasteiger partial charge in [-0.2, -0.15) is 5.10 Å². The van der Waals surface area contributed by atoms with E-state index < -0.39 is 0 Å². The van der Waals surface area contributed by atoms with Crippen LogP contribution in [-0.2, 0) is 13.2 Å². The Balaban J connectivity index is 1.87. The molecule has 1 aromatic heterocycles. The number of aliphatic hydroxyl groups excluding tert-OH is 1. The van der Waals surface area contributed by atoms with Crippen LogP contribution >= 0.6 is 0 Å². The molecule has 4 nitrogen and oxygen atoms in total. The van der Waals surface area contributed by atoms with Crippen molar-refractivity contribution >= 4 is 0 Å². The topological polar surface area (TPSA) is 47.3 Å². The number of aliphatic hydroxyl groups is 1. The van der Waals surface area contributed by atoms with E-state index in [-0.39, 0.29) is 6.61 Å². The number of aryl methyl sites for hydroxylation is 1. The van der Waals surface area contributed by atoms with Crippen LogP contribution in [0, 0.1) is 0 Å². The van der Waals surface area contributed by atoms with Crippen molar-refractivity contribution in [3.05, 3.63) is 47.8 Å². The zero-order chi connectivity index (χ0) is 14.4. The molecule has 108 valence electrons. The molecule has 20 heavy (non-hydrogen) atoms. The molecule has 0 saturated carbocycles. The maximum atomic E-state index is 9.32. The first kappa shape index (κ1) is 14.6. The molecule has 0 atom stereocenters. The molecule has 2 aromatic rings. The molecule has 0 radical (unpaired) electrons. The van der Waals surface area contributed by atoms with Gasteiger partial charge in [0.15, 0.2) is 0 Å². The number of nitrogens with zero attached hydrogens (tertiary/aromatic N) is 2. The summed E-state index contributed by atoms with van der Waals surface area (Å²) in [5.41, 5.74) is 2.04. The summed E-state index contributed by atoms with van der Waals surface area (Å²) in [4.78, 5) is 0. The van der Waals surface area contributed by atoms with Gasteiger partial charge >= 0.3 is 0 Å². The van der Waals surface area contributed by atoms with E-state index in [2.05, 4.69) is 18.9 Å². The first-order valence-corrected chi connectivity index (χ1v) is 7.05. The maximum Gasteiger partial charge on any atom is 0.119 e. The smallest absolute Gasteiger partial charge is 0.119 e. The Hall–Kier alpha value is -1.81. The van der Waals surface area contributed by atoms with Crippen LogP contribution in [0.15, 0.2) is 36.5 Å². The molecule has 0 fully saturated rings. The van der Waals surface area contributed by atoms with Gasteiger partial charge in [-0.1, -0.05) is 32.0 Å². The van der Waals surface area contributed by atoms with Crippen LogP contribution in [0.3, 0.4) is 0 Å². The highest BCUT2D eigenvalue weighted by molar-refractivity contribution is 5.21. The zero-order valence-electron chi connectivity index (χ0n) is 12.1. The third kappa shape index (κ3) is 3.61. The molecule has 1 N–H and O–H groups in total. The molecule has 0 amide bonds. The van der Waals surface area contributed by atoms with Crippen molar-refractivity contribution in [3.8, 4) is 5.75 Å². The molecular formula is C16H22N2O2. The first-order chi connectivity index (χ1) is 9.72. The van der Waals surface area contributed by atoms with E-state index in [4.69, 9.17) is 4.74 Å². The van der Waals surface area contributed by atoms with Crippen LogP contribution in [-0.4, -0.2) is 21.5 Å². The van der Waals surface area contributed by atoms with Crippen molar-refractivity contribution in [1.82, 2.24) is 9.78 Å². The standard InChI is InChI=1S/C16H22N2O2/c1-13(2)16-14(12-19)11-17-18(16)9-6-10-20-15-7-4-3-5-8-15/h3-5,7-8,11,13,19H,6,9-10,12H2,1-2H3. The summed E-state index contributed by atoms with van der Waals surface area (Å²) >= 11 is 0. The van der Waals surface area contributed by atoms with Gasteiger partial charge in [0.25, 0.3) is 0 Å². The lowest BCUT2D eigenvalue weighted by Gasteiger charge is -2.12. The summed E-state index contributed by atoms with van der Waals surface area (Å²) < 4.78 is 7.65. The molecule has 0 saturated heterocycles. The molecule has 1 aromatic carbocycles. The Morgan fingerprint density at radius 1 is 1.25 bits per heavy atom. The molecule has 0 aliphatic heterocycles. The predicted octanol–water partition coefficient (Wildman–Crippen LogP) is 2.97. The predicted molar refractivity (Wildman–Crippen MR) is 78.8 cm³/mol. The molecule has 0 unspecified atom stereocenters. The second kappa shape index (κ2) is 7.10. The van der Waals surface area contributed by atoms with Crippen molar-refractivity contribution in [2.75, 3.05) is 6.61 Å². The van der Waals surface area contributed by atoms with E-state index in [1.54, 1.807) is 6.20 Å². The average molecular weight is 274 g/mol. The Morgan fingerprint density at radius 2 is 2.00 bits per heavy atom. The van der Waals surface area contributed by atoms with Gasteiger partial charge < -0.3 is 9.84 Å². The third-order valence-electron chi connectivity index (χ3n) is 3.20. The quantitative estimate of drug-likeness (QED) is 0.790. The fraction of sp³-hybridized carbons (Fsp3) is 0.438. The van der Waals surface area contributed by atoms with E-state index in [0.29, 0.717) is 12.5 Å². The van der Waals surface area contributed by atoms with Crippen molar-refractivity contribution in [1.29, 1.82) is 0 Å². The fourth-order valence-corrected chi connectivity index (χ4v) is 2.32. The first-order valence-electron chi connectivity index (χ1n) is 7.05. The van der Waals surface area contributed by atoms with Crippen LogP contribution in [0.25, 0.3) is 0 Å². The Kier molecular flexibility index (Phi) is 5.18. The average Bonchev–Trinajstić information content (AvgIpc) is 2.88. The molecular weight excluding hydrogens is 252 g/mol. The Labute approximate surface area is 120 Å². The minimum Gasteiger partial charge on any atom is -0.494 e. The van der Waals surface area contributed by atoms with Gasteiger partial charge in [-0.15, -0.1) is 0 Å². The number of benzene rings is 1. The van der Waals surface area contributed by atoms with Crippen molar-refractivity contribution in [2.24, 2.45) is 0 Å². The van der Waals surface area contributed by atoms with Crippen LogP contribution in [0.2, 0.25) is 0 Å². The van der Waals surface area contributed by atoms with E-state index in [0.717, 1.165) is 30.0 Å². The second-order valence-electron chi connectivity index (χ2n) is 5.11. The number of rotatable bonds is 7. The van der Waals surface area contributed by atoms with Gasteiger partial charge in [0.05, 0.1) is 19.4 Å². The van der Waals surface area contributed by atoms with Crippen molar-refractivity contribution in [2.45, 2.75) is 39.3 Å². The maximum absolute atomic E-state index is 9.32. The highest BCUT2D eigenvalue weighted by Crippen LogP contribution is 2.19. The summed E-state index contributed by atoms with van der Waals surface area (Å²) in [6.45, 7) is 5.75. The second-order valence-corrected chi connectivity index (χ2v) is 5.11. The van der Waals surface area contributed by atoms with Gasteiger partial charge in [-0.05, 0) is 18.1 Å². The number of hydrogen-bond acceptors (Lipinski definition) is 3. The van der Waals surface area contributed by atoms with Crippen LogP contribution in [0.1, 0.15) is 37.4 Å². The normalized spacial score (nSPS) is 11.0. The molecule has 0 aliphatic carbocycles. The lowest BCUT2D eigenvalue weighted by molar-refractivity contribution is 0.278. The number of para-hydroxylation sites is 1. The lowest BCUT2D eigenvalue weighted by atomic mass is 10.1.